The summed E-state index contributed by atoms with van der Waals surface area (Å²) in [6, 6.07) is 7.73. The van der Waals surface area contributed by atoms with E-state index in [1.807, 2.05) is 42.3 Å². The Morgan fingerprint density at radius 1 is 1.33 bits per heavy atom. The third kappa shape index (κ3) is 2.08. The van der Waals surface area contributed by atoms with Gasteiger partial charge >= 0.3 is 0 Å². The van der Waals surface area contributed by atoms with Gasteiger partial charge < -0.3 is 9.64 Å². The molecule has 0 radical (unpaired) electrons. The normalized spacial score (nSPS) is 20.8. The summed E-state index contributed by atoms with van der Waals surface area (Å²) in [5.74, 6) is 1.57. The van der Waals surface area contributed by atoms with Crippen LogP contribution in [0.1, 0.15) is 51.8 Å². The fourth-order valence-corrected chi connectivity index (χ4v) is 3.68. The number of hydrogen-bond donors (Lipinski definition) is 0. The fourth-order valence-electron chi connectivity index (χ4n) is 3.68. The molecule has 1 amide bonds. The Morgan fingerprint density at radius 2 is 2.17 bits per heavy atom. The van der Waals surface area contributed by atoms with Crippen molar-refractivity contribution in [3.8, 4) is 0 Å². The van der Waals surface area contributed by atoms with E-state index in [1.54, 1.807) is 0 Å². The Hall–Kier alpha value is -2.27. The maximum absolute atomic E-state index is 12.6. The van der Waals surface area contributed by atoms with E-state index in [0.717, 1.165) is 28.2 Å². The molecule has 3 heterocycles. The molecule has 1 saturated heterocycles. The molecule has 0 bridgehead atoms. The minimum absolute atomic E-state index is 0.0666. The molecule has 2 aliphatic heterocycles. The predicted molar refractivity (Wildman–Crippen MR) is 87.6 cm³/mol. The lowest BCUT2D eigenvalue weighted by Gasteiger charge is -2.47. The summed E-state index contributed by atoms with van der Waals surface area (Å²) in [5, 5.41) is 0. The molecule has 1 aromatic heterocycles. The van der Waals surface area contributed by atoms with E-state index in [0.29, 0.717) is 25.6 Å². The van der Waals surface area contributed by atoms with Crippen LogP contribution in [0.25, 0.3) is 0 Å². The van der Waals surface area contributed by atoms with Crippen LogP contribution in [-0.2, 0) is 16.9 Å². The van der Waals surface area contributed by atoms with Crippen molar-refractivity contribution in [1.82, 2.24) is 14.9 Å². The number of hydrogen-bond acceptors (Lipinski definition) is 4. The Labute approximate surface area is 140 Å². The van der Waals surface area contributed by atoms with Crippen LogP contribution in [-0.4, -0.2) is 33.9 Å². The van der Waals surface area contributed by atoms with Gasteiger partial charge in [0.2, 0.25) is 0 Å². The molecule has 1 aromatic carbocycles. The van der Waals surface area contributed by atoms with Crippen molar-refractivity contribution in [2.45, 2.75) is 37.9 Å². The van der Waals surface area contributed by atoms with Crippen molar-refractivity contribution in [3.63, 3.8) is 0 Å². The van der Waals surface area contributed by atoms with Gasteiger partial charge in [0.15, 0.2) is 0 Å². The summed E-state index contributed by atoms with van der Waals surface area (Å²) in [6.07, 6.45) is 4.32. The minimum Gasteiger partial charge on any atom is -0.360 e. The third-order valence-electron chi connectivity index (χ3n) is 5.25. The monoisotopic (exact) mass is 321 g/mol. The number of aryl methyl sites for hydroxylation is 1. The van der Waals surface area contributed by atoms with E-state index in [2.05, 4.69) is 4.98 Å². The van der Waals surface area contributed by atoms with Crippen LogP contribution in [0.15, 0.2) is 30.5 Å². The molecule has 1 saturated carbocycles. The van der Waals surface area contributed by atoms with Crippen molar-refractivity contribution in [2.24, 2.45) is 0 Å². The lowest BCUT2D eigenvalue weighted by molar-refractivity contribution is -0.126. The minimum atomic E-state index is -0.392. The van der Waals surface area contributed by atoms with Crippen LogP contribution in [0.4, 0.5) is 0 Å². The number of rotatable bonds is 2. The molecular formula is C19H19N3O2. The van der Waals surface area contributed by atoms with Gasteiger partial charge in [0, 0.05) is 23.2 Å². The molecule has 1 aliphatic carbocycles. The molecule has 5 heteroatoms. The second-order valence-electron chi connectivity index (χ2n) is 7.18. The molecule has 122 valence electrons. The van der Waals surface area contributed by atoms with Crippen molar-refractivity contribution in [2.75, 3.05) is 13.1 Å². The van der Waals surface area contributed by atoms with E-state index in [4.69, 9.17) is 9.72 Å². The van der Waals surface area contributed by atoms with Crippen LogP contribution in [0.5, 0.6) is 0 Å². The van der Waals surface area contributed by atoms with Crippen LogP contribution < -0.4 is 0 Å². The number of carbonyl (C=O) groups excluding carboxylic acids is 1. The summed E-state index contributed by atoms with van der Waals surface area (Å²) < 4.78 is 6.05. The summed E-state index contributed by atoms with van der Waals surface area (Å²) >= 11 is 0. The zero-order valence-electron chi connectivity index (χ0n) is 13.7. The summed E-state index contributed by atoms with van der Waals surface area (Å²) in [5.41, 5.74) is 3.52. The van der Waals surface area contributed by atoms with Gasteiger partial charge in [0.25, 0.3) is 5.91 Å². The fraction of sp³-hybridized carbons (Fsp3) is 0.421. The summed E-state index contributed by atoms with van der Waals surface area (Å²) in [4.78, 5) is 23.7. The van der Waals surface area contributed by atoms with Gasteiger partial charge in [0.1, 0.15) is 11.4 Å². The average molecular weight is 321 g/mol. The number of nitrogens with zero attached hydrogens (tertiary/aromatic N) is 3. The van der Waals surface area contributed by atoms with E-state index >= 15 is 0 Å². The molecule has 0 unspecified atom stereocenters. The first-order chi connectivity index (χ1) is 11.6. The smallest absolute Gasteiger partial charge is 0.254 e. The maximum Gasteiger partial charge on any atom is 0.254 e. The van der Waals surface area contributed by atoms with Gasteiger partial charge in [-0.3, -0.25) is 4.79 Å². The van der Waals surface area contributed by atoms with Crippen LogP contribution in [0, 0.1) is 6.92 Å². The average Bonchev–Trinajstić information content (AvgIpc) is 3.33. The topological polar surface area (TPSA) is 55.3 Å². The van der Waals surface area contributed by atoms with E-state index in [1.165, 1.54) is 12.8 Å². The Kier molecular flexibility index (Phi) is 2.86. The van der Waals surface area contributed by atoms with Crippen molar-refractivity contribution < 1.29 is 9.53 Å². The molecule has 1 spiro atoms. The first-order valence-electron chi connectivity index (χ1n) is 8.51. The van der Waals surface area contributed by atoms with Gasteiger partial charge in [-0.1, -0.05) is 17.7 Å². The zero-order chi connectivity index (χ0) is 16.3. The van der Waals surface area contributed by atoms with E-state index in [9.17, 15) is 4.79 Å². The van der Waals surface area contributed by atoms with Crippen molar-refractivity contribution in [1.29, 1.82) is 0 Å². The Morgan fingerprint density at radius 3 is 2.92 bits per heavy atom. The highest BCUT2D eigenvalue weighted by Crippen LogP contribution is 2.44. The van der Waals surface area contributed by atoms with Gasteiger partial charge in [-0.05, 0) is 31.9 Å². The van der Waals surface area contributed by atoms with E-state index in [-0.39, 0.29) is 5.91 Å². The first-order valence-corrected chi connectivity index (χ1v) is 8.51. The molecule has 24 heavy (non-hydrogen) atoms. The maximum atomic E-state index is 12.6. The standard InChI is InChI=1S/C19H19N3O2/c1-12-3-2-4-14(7-12)18(23)22-10-19(11-22)15-8-20-17(13-5-6-13)21-16(15)9-24-19/h2-4,7-8,13H,5-6,9-11H2,1H3. The Bertz CT molecular complexity index is 838. The number of carbonyl (C=O) groups is 1. The van der Waals surface area contributed by atoms with Crippen LogP contribution in [0.3, 0.4) is 0 Å². The highest BCUT2D eigenvalue weighted by atomic mass is 16.5. The lowest BCUT2D eigenvalue weighted by Crippen LogP contribution is -2.61. The molecular weight excluding hydrogens is 302 g/mol. The lowest BCUT2D eigenvalue weighted by atomic mass is 9.87. The van der Waals surface area contributed by atoms with Crippen LogP contribution >= 0.6 is 0 Å². The number of benzene rings is 1. The molecule has 0 atom stereocenters. The number of aromatic nitrogens is 2. The quantitative estimate of drug-likeness (QED) is 0.853. The van der Waals surface area contributed by atoms with Gasteiger partial charge in [-0.15, -0.1) is 0 Å². The predicted octanol–water partition coefficient (Wildman–Crippen LogP) is 2.54. The highest BCUT2D eigenvalue weighted by Gasteiger charge is 2.52. The molecule has 5 nitrogen and oxygen atoms in total. The van der Waals surface area contributed by atoms with Crippen molar-refractivity contribution >= 4 is 5.91 Å². The number of fused-ring (bicyclic) bond motifs is 2. The molecule has 3 aliphatic rings. The second kappa shape index (κ2) is 4.86. The molecule has 2 aromatic rings. The molecule has 2 fully saturated rings. The first kappa shape index (κ1) is 14.1. The van der Waals surface area contributed by atoms with E-state index < -0.39 is 5.60 Å². The number of ether oxygens (including phenoxy) is 1. The third-order valence-corrected chi connectivity index (χ3v) is 5.25. The molecule has 0 N–H and O–H groups in total. The summed E-state index contributed by atoms with van der Waals surface area (Å²) in [6.45, 7) is 3.70. The molecule has 5 rings (SSSR count). The SMILES string of the molecule is Cc1cccc(C(=O)N2CC3(C2)OCc2nc(C4CC4)ncc23)c1. The van der Waals surface area contributed by atoms with Gasteiger partial charge in [0.05, 0.1) is 25.4 Å². The largest absolute Gasteiger partial charge is 0.360 e. The van der Waals surface area contributed by atoms with Gasteiger partial charge in [-0.2, -0.15) is 0 Å². The second-order valence-corrected chi connectivity index (χ2v) is 7.18. The Balaban J connectivity index is 1.36. The van der Waals surface area contributed by atoms with Gasteiger partial charge in [-0.25, -0.2) is 9.97 Å². The number of amides is 1. The zero-order valence-corrected chi connectivity index (χ0v) is 13.7. The summed E-state index contributed by atoms with van der Waals surface area (Å²) in [7, 11) is 0. The van der Waals surface area contributed by atoms with Crippen molar-refractivity contribution in [3.05, 3.63) is 58.7 Å². The number of likely N-dealkylation sites (tertiary alicyclic amines) is 1. The highest BCUT2D eigenvalue weighted by molar-refractivity contribution is 5.95. The van der Waals surface area contributed by atoms with Crippen LogP contribution in [0.2, 0.25) is 0 Å².